The standard InChI is InChI=1S/C21H18N6O5S3/c1-32-26-14(13-8-35-21(22)24-13)17(28)25-15-18(29)27-16(20(30)31)10(5-34-19(15)27)4-9-2-3-23-12-7-33-6-11(9)12/h2-3,6-8,15,19H,4-5H2,1H3,(H2,22,24)(H,25,28)(H,30,31)/b26-14-/t15?,19-/m1/s1. The minimum atomic E-state index is -1.18. The molecule has 2 atom stereocenters. The smallest absolute Gasteiger partial charge is 0.352 e. The van der Waals surface area contributed by atoms with Crippen molar-refractivity contribution < 1.29 is 24.3 Å². The summed E-state index contributed by atoms with van der Waals surface area (Å²) >= 11 is 4.06. The van der Waals surface area contributed by atoms with Gasteiger partial charge in [0.1, 0.15) is 29.9 Å². The van der Waals surface area contributed by atoms with E-state index >= 15 is 0 Å². The summed E-state index contributed by atoms with van der Waals surface area (Å²) < 4.78 is 0. The molecule has 0 aromatic carbocycles. The number of nitrogens with one attached hydrogen (secondary N) is 1. The number of amides is 2. The number of β-lactam (4-membered cyclic amide) rings is 1. The first-order valence-electron chi connectivity index (χ1n) is 10.2. The number of nitrogen functional groups attached to an aromatic ring is 1. The molecule has 1 saturated heterocycles. The summed E-state index contributed by atoms with van der Waals surface area (Å²) in [6, 6.07) is 0.951. The fraction of sp³-hybridized carbons (Fsp3) is 0.238. The van der Waals surface area contributed by atoms with E-state index in [9.17, 15) is 19.5 Å². The lowest BCUT2D eigenvalue weighted by molar-refractivity contribution is -0.150. The number of hydrogen-bond acceptors (Lipinski definition) is 11. The molecule has 0 radical (unpaired) electrons. The number of nitrogens with zero attached hydrogens (tertiary/aromatic N) is 4. The van der Waals surface area contributed by atoms with Gasteiger partial charge in [0.05, 0.1) is 5.52 Å². The first kappa shape index (κ1) is 23.3. The number of carbonyl (C=O) groups is 3. The highest BCUT2D eigenvalue weighted by Crippen LogP contribution is 2.41. The van der Waals surface area contributed by atoms with Gasteiger partial charge in [-0.15, -0.1) is 34.4 Å². The minimum Gasteiger partial charge on any atom is -0.477 e. The largest absolute Gasteiger partial charge is 0.477 e. The lowest BCUT2D eigenvalue weighted by atomic mass is 9.98. The van der Waals surface area contributed by atoms with E-state index in [1.54, 1.807) is 11.6 Å². The van der Waals surface area contributed by atoms with Crippen LogP contribution in [0.1, 0.15) is 11.3 Å². The van der Waals surface area contributed by atoms with Gasteiger partial charge in [-0.1, -0.05) is 5.16 Å². The third kappa shape index (κ3) is 4.13. The molecule has 2 amide bonds. The molecule has 5 heterocycles. The van der Waals surface area contributed by atoms with Crippen LogP contribution in [0.2, 0.25) is 0 Å². The van der Waals surface area contributed by atoms with Gasteiger partial charge in [0.2, 0.25) is 0 Å². The van der Waals surface area contributed by atoms with Crippen LogP contribution in [0, 0.1) is 0 Å². The molecule has 4 N–H and O–H groups in total. The molecule has 5 rings (SSSR count). The number of oxime groups is 1. The predicted molar refractivity (Wildman–Crippen MR) is 133 cm³/mol. The highest BCUT2D eigenvalue weighted by molar-refractivity contribution is 8.00. The summed E-state index contributed by atoms with van der Waals surface area (Å²) in [7, 11) is 1.29. The van der Waals surface area contributed by atoms with Crippen molar-refractivity contribution in [1.82, 2.24) is 20.2 Å². The van der Waals surface area contributed by atoms with Crippen LogP contribution >= 0.6 is 34.4 Å². The van der Waals surface area contributed by atoms with Gasteiger partial charge in [-0.2, -0.15) is 0 Å². The van der Waals surface area contributed by atoms with Crippen molar-refractivity contribution >= 4 is 74.0 Å². The third-order valence-corrected chi connectivity index (χ3v) is 8.32. The van der Waals surface area contributed by atoms with Gasteiger partial charge in [-0.3, -0.25) is 19.5 Å². The van der Waals surface area contributed by atoms with E-state index in [1.165, 1.54) is 35.1 Å². The Morgan fingerprint density at radius 2 is 2.20 bits per heavy atom. The molecule has 3 aromatic heterocycles. The van der Waals surface area contributed by atoms with Gasteiger partial charge in [-0.25, -0.2) is 9.78 Å². The number of thiazole rings is 1. The molecule has 0 saturated carbocycles. The second-order valence-corrected chi connectivity index (χ2v) is 10.4. The van der Waals surface area contributed by atoms with Crippen LogP contribution in [0.25, 0.3) is 10.9 Å². The van der Waals surface area contributed by atoms with E-state index in [-0.39, 0.29) is 22.2 Å². The van der Waals surface area contributed by atoms with Crippen molar-refractivity contribution in [2.24, 2.45) is 5.16 Å². The Morgan fingerprint density at radius 1 is 1.37 bits per heavy atom. The number of thioether (sulfide) groups is 1. The maximum Gasteiger partial charge on any atom is 0.352 e. The normalized spacial score (nSPS) is 20.0. The molecule has 0 spiro atoms. The molecular weight excluding hydrogens is 512 g/mol. The molecular formula is C21H18N6O5S3. The number of hydrogen-bond donors (Lipinski definition) is 3. The van der Waals surface area contributed by atoms with Crippen LogP contribution in [0.15, 0.2) is 44.8 Å². The van der Waals surface area contributed by atoms with E-state index in [0.29, 0.717) is 17.7 Å². The maximum atomic E-state index is 13.0. The monoisotopic (exact) mass is 530 g/mol. The fourth-order valence-corrected chi connectivity index (χ4v) is 6.72. The summed E-state index contributed by atoms with van der Waals surface area (Å²) in [5, 5.41) is 22.5. The van der Waals surface area contributed by atoms with Crippen molar-refractivity contribution in [2.45, 2.75) is 17.8 Å². The average molecular weight is 531 g/mol. The molecule has 35 heavy (non-hydrogen) atoms. The Labute approximate surface area is 210 Å². The van der Waals surface area contributed by atoms with Crippen LogP contribution in [-0.4, -0.2) is 67.7 Å². The number of nitrogens with two attached hydrogens (primary N) is 1. The Balaban J connectivity index is 1.38. The Hall–Kier alpha value is -3.49. The molecule has 180 valence electrons. The van der Waals surface area contributed by atoms with Crippen LogP contribution in [0.4, 0.5) is 5.13 Å². The summed E-state index contributed by atoms with van der Waals surface area (Å²) in [6.07, 6.45) is 2.08. The molecule has 1 fully saturated rings. The van der Waals surface area contributed by atoms with Gasteiger partial charge in [0.25, 0.3) is 11.8 Å². The molecule has 2 aliphatic heterocycles. The molecule has 2 aliphatic rings. The van der Waals surface area contributed by atoms with Crippen molar-refractivity contribution in [1.29, 1.82) is 0 Å². The number of fused-ring (bicyclic) bond motifs is 2. The summed E-state index contributed by atoms with van der Waals surface area (Å²) in [5.74, 6) is -1.95. The zero-order valence-electron chi connectivity index (χ0n) is 18.1. The van der Waals surface area contributed by atoms with Crippen LogP contribution in [0.3, 0.4) is 0 Å². The van der Waals surface area contributed by atoms with Crippen molar-refractivity contribution in [2.75, 3.05) is 18.6 Å². The number of aliphatic carboxylic acids is 1. The Bertz CT molecular complexity index is 1410. The number of rotatable bonds is 7. The Morgan fingerprint density at radius 3 is 2.91 bits per heavy atom. The van der Waals surface area contributed by atoms with Crippen molar-refractivity contribution in [3.8, 4) is 0 Å². The number of aromatic nitrogens is 2. The molecule has 1 unspecified atom stereocenters. The quantitative estimate of drug-likeness (QED) is 0.234. The number of anilines is 1. The first-order valence-corrected chi connectivity index (χ1v) is 13.1. The first-order chi connectivity index (χ1) is 16.9. The van der Waals surface area contributed by atoms with Crippen molar-refractivity contribution in [3.05, 3.63) is 50.9 Å². The van der Waals surface area contributed by atoms with Gasteiger partial charge in [-0.05, 0) is 23.6 Å². The van der Waals surface area contributed by atoms with E-state index in [1.807, 2.05) is 16.8 Å². The predicted octanol–water partition coefficient (Wildman–Crippen LogP) is 1.67. The molecule has 0 aliphatic carbocycles. The number of carboxylic acid groups (broad SMARTS) is 1. The Kier molecular flexibility index (Phi) is 6.17. The third-order valence-electron chi connectivity index (χ3n) is 5.58. The topological polar surface area (TPSA) is 160 Å². The molecule has 11 nitrogen and oxygen atoms in total. The highest BCUT2D eigenvalue weighted by Gasteiger charge is 2.54. The number of pyridine rings is 1. The second-order valence-electron chi connectivity index (χ2n) is 7.63. The molecule has 0 bridgehead atoms. The van der Waals surface area contributed by atoms with Gasteiger partial charge in [0.15, 0.2) is 10.8 Å². The highest BCUT2D eigenvalue weighted by atomic mass is 32.2. The summed E-state index contributed by atoms with van der Waals surface area (Å²) in [6.45, 7) is 0. The SMILES string of the molecule is CO/N=C(\C(=O)NC1C(=O)N2C(C(=O)O)=C(Cc3ccnc4cscc34)CS[C@H]12)c1csc(N)n1. The lowest BCUT2D eigenvalue weighted by Gasteiger charge is -2.49. The average Bonchev–Trinajstić information content (AvgIpc) is 3.49. The van der Waals surface area contributed by atoms with E-state index < -0.39 is 29.2 Å². The number of carboxylic acids is 1. The number of carbonyl (C=O) groups excluding carboxylic acids is 2. The van der Waals surface area contributed by atoms with Crippen LogP contribution < -0.4 is 11.1 Å². The van der Waals surface area contributed by atoms with Crippen molar-refractivity contribution in [3.63, 3.8) is 0 Å². The van der Waals surface area contributed by atoms with E-state index in [0.717, 1.165) is 27.8 Å². The number of thiophene rings is 1. The van der Waals surface area contributed by atoms with E-state index in [4.69, 9.17) is 10.6 Å². The zero-order chi connectivity index (χ0) is 24.7. The summed E-state index contributed by atoms with van der Waals surface area (Å²) in [4.78, 5) is 52.5. The minimum absolute atomic E-state index is 0.0394. The van der Waals surface area contributed by atoms with E-state index in [2.05, 4.69) is 20.4 Å². The lowest BCUT2D eigenvalue weighted by Crippen LogP contribution is -2.71. The molecule has 14 heteroatoms. The van der Waals surface area contributed by atoms with Gasteiger partial charge >= 0.3 is 5.97 Å². The van der Waals surface area contributed by atoms with Gasteiger partial charge < -0.3 is 21.0 Å². The maximum absolute atomic E-state index is 13.0. The zero-order valence-corrected chi connectivity index (χ0v) is 20.6. The van der Waals surface area contributed by atoms with Gasteiger partial charge in [0, 0.05) is 33.5 Å². The van der Waals surface area contributed by atoms with Crippen LogP contribution in [-0.2, 0) is 25.6 Å². The molecule has 3 aromatic rings. The fourth-order valence-electron chi connectivity index (χ4n) is 4.03. The summed E-state index contributed by atoms with van der Waals surface area (Å²) in [5.41, 5.74) is 8.14. The van der Waals surface area contributed by atoms with Crippen LogP contribution in [0.5, 0.6) is 0 Å². The second kappa shape index (κ2) is 9.28.